The van der Waals surface area contributed by atoms with Crippen LogP contribution < -0.4 is 5.73 Å². The summed E-state index contributed by atoms with van der Waals surface area (Å²) in [7, 11) is 2.00. The SMILES string of the molecule is Cc1nc(CCc2ccccc2Cl)c(CN)n1C. The standard InChI is InChI=1S/C14H18ClN3/c1-10-17-13(14(9-16)18(10)2)8-7-11-5-3-4-6-12(11)15/h3-6H,7-9,16H2,1-2H3. The van der Waals surface area contributed by atoms with Crippen molar-refractivity contribution in [2.75, 3.05) is 0 Å². The Labute approximate surface area is 113 Å². The fourth-order valence-electron chi connectivity index (χ4n) is 2.13. The Bertz CT molecular complexity index is 546. The van der Waals surface area contributed by atoms with Gasteiger partial charge < -0.3 is 10.3 Å². The first-order valence-electron chi connectivity index (χ1n) is 6.08. The molecule has 0 atom stereocenters. The van der Waals surface area contributed by atoms with Gasteiger partial charge in [0, 0.05) is 18.6 Å². The van der Waals surface area contributed by atoms with E-state index < -0.39 is 0 Å². The molecule has 0 aliphatic rings. The van der Waals surface area contributed by atoms with Gasteiger partial charge in [0.05, 0.1) is 11.4 Å². The topological polar surface area (TPSA) is 43.8 Å². The van der Waals surface area contributed by atoms with Gasteiger partial charge in [0.2, 0.25) is 0 Å². The van der Waals surface area contributed by atoms with Gasteiger partial charge in [-0.25, -0.2) is 4.98 Å². The molecule has 1 aromatic heterocycles. The molecule has 0 aliphatic heterocycles. The van der Waals surface area contributed by atoms with E-state index in [0.29, 0.717) is 6.54 Å². The zero-order valence-corrected chi connectivity index (χ0v) is 11.5. The molecule has 0 radical (unpaired) electrons. The number of nitrogens with two attached hydrogens (primary N) is 1. The monoisotopic (exact) mass is 263 g/mol. The molecule has 96 valence electrons. The van der Waals surface area contributed by atoms with E-state index in [-0.39, 0.29) is 0 Å². The van der Waals surface area contributed by atoms with Gasteiger partial charge in [0.15, 0.2) is 0 Å². The number of imidazole rings is 1. The Balaban J connectivity index is 2.16. The molecule has 2 aromatic rings. The largest absolute Gasteiger partial charge is 0.334 e. The van der Waals surface area contributed by atoms with Crippen LogP contribution in [0.4, 0.5) is 0 Å². The number of hydrogen-bond donors (Lipinski definition) is 1. The van der Waals surface area contributed by atoms with E-state index in [1.807, 2.05) is 32.2 Å². The molecule has 0 fully saturated rings. The molecule has 3 nitrogen and oxygen atoms in total. The van der Waals surface area contributed by atoms with Gasteiger partial charge in [0.25, 0.3) is 0 Å². The van der Waals surface area contributed by atoms with Gasteiger partial charge in [-0.1, -0.05) is 29.8 Å². The summed E-state index contributed by atoms with van der Waals surface area (Å²) in [4.78, 5) is 4.57. The van der Waals surface area contributed by atoms with Gasteiger partial charge in [-0.05, 0) is 31.4 Å². The third kappa shape index (κ3) is 2.57. The van der Waals surface area contributed by atoms with Crippen molar-refractivity contribution in [3.63, 3.8) is 0 Å². The average Bonchev–Trinajstić information content (AvgIpc) is 2.64. The summed E-state index contributed by atoms with van der Waals surface area (Å²) in [6.45, 7) is 2.52. The van der Waals surface area contributed by atoms with Crippen LogP contribution in [0.3, 0.4) is 0 Å². The van der Waals surface area contributed by atoms with Crippen LogP contribution in [0.15, 0.2) is 24.3 Å². The minimum Gasteiger partial charge on any atom is -0.334 e. The van der Waals surface area contributed by atoms with E-state index in [1.54, 1.807) is 0 Å². The first-order valence-corrected chi connectivity index (χ1v) is 6.45. The highest BCUT2D eigenvalue weighted by Crippen LogP contribution is 2.18. The predicted octanol–water partition coefficient (Wildman–Crippen LogP) is 2.63. The molecular formula is C14H18ClN3. The number of halogens is 1. The Morgan fingerprint density at radius 1 is 1.28 bits per heavy atom. The molecule has 0 saturated heterocycles. The molecule has 0 aliphatic carbocycles. The second-order valence-corrected chi connectivity index (χ2v) is 4.81. The normalized spacial score (nSPS) is 10.9. The van der Waals surface area contributed by atoms with Crippen molar-refractivity contribution in [1.82, 2.24) is 9.55 Å². The maximum atomic E-state index is 6.15. The van der Waals surface area contributed by atoms with E-state index in [0.717, 1.165) is 40.6 Å². The summed E-state index contributed by atoms with van der Waals surface area (Å²) in [6, 6.07) is 7.93. The summed E-state index contributed by atoms with van der Waals surface area (Å²) in [5.41, 5.74) is 9.13. The quantitative estimate of drug-likeness (QED) is 0.922. The van der Waals surface area contributed by atoms with Crippen LogP contribution in [-0.2, 0) is 26.4 Å². The molecule has 1 aromatic carbocycles. The highest BCUT2D eigenvalue weighted by atomic mass is 35.5. The molecule has 18 heavy (non-hydrogen) atoms. The molecule has 1 heterocycles. The summed E-state index contributed by atoms with van der Waals surface area (Å²) >= 11 is 6.15. The number of hydrogen-bond acceptors (Lipinski definition) is 2. The average molecular weight is 264 g/mol. The lowest BCUT2D eigenvalue weighted by molar-refractivity contribution is 0.779. The Morgan fingerprint density at radius 3 is 2.67 bits per heavy atom. The lowest BCUT2D eigenvalue weighted by Crippen LogP contribution is -2.07. The van der Waals surface area contributed by atoms with Crippen molar-refractivity contribution in [3.8, 4) is 0 Å². The number of aromatic nitrogens is 2. The van der Waals surface area contributed by atoms with E-state index >= 15 is 0 Å². The van der Waals surface area contributed by atoms with Gasteiger partial charge in [0.1, 0.15) is 5.82 Å². The summed E-state index contributed by atoms with van der Waals surface area (Å²) in [5.74, 6) is 1.00. The highest BCUT2D eigenvalue weighted by Gasteiger charge is 2.11. The van der Waals surface area contributed by atoms with Crippen molar-refractivity contribution in [2.24, 2.45) is 12.8 Å². The second-order valence-electron chi connectivity index (χ2n) is 4.41. The Morgan fingerprint density at radius 2 is 2.00 bits per heavy atom. The fourth-order valence-corrected chi connectivity index (χ4v) is 2.36. The van der Waals surface area contributed by atoms with Gasteiger partial charge >= 0.3 is 0 Å². The fraction of sp³-hybridized carbons (Fsp3) is 0.357. The minimum absolute atomic E-state index is 0.523. The predicted molar refractivity (Wildman–Crippen MR) is 74.7 cm³/mol. The van der Waals surface area contributed by atoms with E-state index in [9.17, 15) is 0 Å². The van der Waals surface area contributed by atoms with Crippen LogP contribution in [0, 0.1) is 6.92 Å². The third-order valence-corrected chi connectivity index (χ3v) is 3.67. The molecule has 0 bridgehead atoms. The van der Waals surface area contributed by atoms with Crippen LogP contribution in [-0.4, -0.2) is 9.55 Å². The number of benzene rings is 1. The molecule has 2 N–H and O–H groups in total. The summed E-state index contributed by atoms with van der Waals surface area (Å²) < 4.78 is 2.06. The molecule has 0 spiro atoms. The molecule has 0 unspecified atom stereocenters. The van der Waals surface area contributed by atoms with Crippen LogP contribution in [0.1, 0.15) is 22.8 Å². The molecule has 0 saturated carbocycles. The summed E-state index contributed by atoms with van der Waals surface area (Å²) in [6.07, 6.45) is 1.76. The lowest BCUT2D eigenvalue weighted by atomic mass is 10.1. The first-order chi connectivity index (χ1) is 8.63. The third-order valence-electron chi connectivity index (χ3n) is 3.30. The zero-order valence-electron chi connectivity index (χ0n) is 10.8. The number of aryl methyl sites for hydroxylation is 3. The first kappa shape index (κ1) is 13.1. The zero-order chi connectivity index (χ0) is 13.1. The Kier molecular flexibility index (Phi) is 4.04. The van der Waals surface area contributed by atoms with Gasteiger partial charge in [-0.3, -0.25) is 0 Å². The number of rotatable bonds is 4. The van der Waals surface area contributed by atoms with Crippen molar-refractivity contribution in [3.05, 3.63) is 52.1 Å². The van der Waals surface area contributed by atoms with E-state index in [1.165, 1.54) is 0 Å². The molecule has 2 rings (SSSR count). The van der Waals surface area contributed by atoms with Crippen LogP contribution in [0.2, 0.25) is 5.02 Å². The Hall–Kier alpha value is -1.32. The van der Waals surface area contributed by atoms with Crippen molar-refractivity contribution < 1.29 is 0 Å². The van der Waals surface area contributed by atoms with E-state index in [2.05, 4.69) is 15.6 Å². The maximum Gasteiger partial charge on any atom is 0.105 e. The second kappa shape index (κ2) is 5.55. The van der Waals surface area contributed by atoms with Crippen molar-refractivity contribution in [2.45, 2.75) is 26.3 Å². The van der Waals surface area contributed by atoms with Crippen LogP contribution >= 0.6 is 11.6 Å². The lowest BCUT2D eigenvalue weighted by Gasteiger charge is -2.05. The van der Waals surface area contributed by atoms with Crippen molar-refractivity contribution in [1.29, 1.82) is 0 Å². The smallest absolute Gasteiger partial charge is 0.105 e. The minimum atomic E-state index is 0.523. The van der Waals surface area contributed by atoms with Gasteiger partial charge in [-0.2, -0.15) is 0 Å². The summed E-state index contributed by atoms with van der Waals surface area (Å²) in [5, 5.41) is 0.819. The van der Waals surface area contributed by atoms with Gasteiger partial charge in [-0.15, -0.1) is 0 Å². The number of nitrogens with zero attached hydrogens (tertiary/aromatic N) is 2. The maximum absolute atomic E-state index is 6.15. The van der Waals surface area contributed by atoms with Crippen LogP contribution in [0.5, 0.6) is 0 Å². The molecular weight excluding hydrogens is 246 g/mol. The molecule has 4 heteroatoms. The van der Waals surface area contributed by atoms with E-state index in [4.69, 9.17) is 17.3 Å². The van der Waals surface area contributed by atoms with Crippen molar-refractivity contribution >= 4 is 11.6 Å². The van der Waals surface area contributed by atoms with Crippen LogP contribution in [0.25, 0.3) is 0 Å². The molecule has 0 amide bonds. The highest BCUT2D eigenvalue weighted by molar-refractivity contribution is 6.31.